The quantitative estimate of drug-likeness (QED) is 0.484. The van der Waals surface area contributed by atoms with Gasteiger partial charge in [-0.15, -0.1) is 0 Å². The molecule has 1 aromatic carbocycles. The number of aromatic nitrogens is 6. The number of carbonyl (C=O) groups excluding carboxylic acids is 1. The van der Waals surface area contributed by atoms with Gasteiger partial charge < -0.3 is 19.8 Å². The summed E-state index contributed by atoms with van der Waals surface area (Å²) >= 11 is 0. The number of aromatic amines is 1. The maximum atomic E-state index is 12.6. The van der Waals surface area contributed by atoms with Gasteiger partial charge in [0.15, 0.2) is 17.0 Å². The standard InChI is InChI=1S/C23H28N8O2/c1-14(2)12-24-22(32)21-28-18-19(29(21)3)25-13-26-20(18)30-10-8-15(9-11-30)31-17-7-5-4-6-16(17)27-23(31)33/h4-7,13-15H,8-12H2,1-3H3,(H,24,32)(H,27,33). The number of piperidine rings is 1. The van der Waals surface area contributed by atoms with Gasteiger partial charge in [0, 0.05) is 32.7 Å². The van der Waals surface area contributed by atoms with Crippen LogP contribution in [0.5, 0.6) is 0 Å². The molecule has 0 saturated carbocycles. The van der Waals surface area contributed by atoms with E-state index in [4.69, 9.17) is 0 Å². The maximum absolute atomic E-state index is 12.6. The van der Waals surface area contributed by atoms with Gasteiger partial charge in [-0.3, -0.25) is 9.36 Å². The summed E-state index contributed by atoms with van der Waals surface area (Å²) in [6.45, 7) is 6.14. The van der Waals surface area contributed by atoms with Crippen molar-refractivity contribution >= 4 is 33.9 Å². The van der Waals surface area contributed by atoms with E-state index in [0.717, 1.165) is 42.8 Å². The lowest BCUT2D eigenvalue weighted by molar-refractivity contribution is 0.0936. The molecule has 5 rings (SSSR count). The molecule has 4 heterocycles. The third-order valence-corrected chi connectivity index (χ3v) is 6.26. The summed E-state index contributed by atoms with van der Waals surface area (Å²) in [5.41, 5.74) is 2.98. The van der Waals surface area contributed by atoms with Crippen LogP contribution in [0.2, 0.25) is 0 Å². The molecular formula is C23H28N8O2. The zero-order valence-corrected chi connectivity index (χ0v) is 19.1. The highest BCUT2D eigenvalue weighted by molar-refractivity contribution is 5.96. The van der Waals surface area contributed by atoms with Crippen LogP contribution in [0.25, 0.3) is 22.2 Å². The zero-order chi connectivity index (χ0) is 23.1. The largest absolute Gasteiger partial charge is 0.355 e. The molecule has 1 amide bonds. The van der Waals surface area contributed by atoms with E-state index in [1.807, 2.05) is 42.7 Å². The summed E-state index contributed by atoms with van der Waals surface area (Å²) in [6.07, 6.45) is 3.13. The number of anilines is 1. The van der Waals surface area contributed by atoms with Gasteiger partial charge in [-0.2, -0.15) is 0 Å². The minimum Gasteiger partial charge on any atom is -0.355 e. The highest BCUT2D eigenvalue weighted by Crippen LogP contribution is 2.30. The maximum Gasteiger partial charge on any atom is 0.326 e. The van der Waals surface area contributed by atoms with Crippen LogP contribution in [0.15, 0.2) is 35.4 Å². The van der Waals surface area contributed by atoms with Gasteiger partial charge >= 0.3 is 5.69 Å². The molecule has 0 aliphatic carbocycles. The summed E-state index contributed by atoms with van der Waals surface area (Å²) in [4.78, 5) is 43.8. The van der Waals surface area contributed by atoms with Gasteiger partial charge in [0.1, 0.15) is 6.33 Å². The van der Waals surface area contributed by atoms with Gasteiger partial charge in [-0.25, -0.2) is 19.7 Å². The Bertz CT molecular complexity index is 1370. The molecular weight excluding hydrogens is 420 g/mol. The van der Waals surface area contributed by atoms with E-state index in [0.29, 0.717) is 29.5 Å². The van der Waals surface area contributed by atoms with Gasteiger partial charge in [0.25, 0.3) is 5.91 Å². The van der Waals surface area contributed by atoms with Crippen molar-refractivity contribution in [1.82, 2.24) is 34.4 Å². The molecule has 0 unspecified atom stereocenters. The second-order valence-electron chi connectivity index (χ2n) is 9.00. The number of H-pyrrole nitrogens is 1. The number of para-hydroxylation sites is 2. The molecule has 10 heteroatoms. The lowest BCUT2D eigenvalue weighted by atomic mass is 10.0. The Kier molecular flexibility index (Phi) is 5.35. The average molecular weight is 449 g/mol. The van der Waals surface area contributed by atoms with Crippen LogP contribution in [0, 0.1) is 5.92 Å². The Balaban J connectivity index is 1.39. The number of amides is 1. The number of hydrogen-bond acceptors (Lipinski definition) is 6. The second kappa shape index (κ2) is 8.34. The lowest BCUT2D eigenvalue weighted by Crippen LogP contribution is -2.37. The van der Waals surface area contributed by atoms with Crippen LogP contribution in [-0.2, 0) is 7.05 Å². The smallest absolute Gasteiger partial charge is 0.326 e. The molecule has 0 bridgehead atoms. The van der Waals surface area contributed by atoms with E-state index in [9.17, 15) is 9.59 Å². The first-order valence-corrected chi connectivity index (χ1v) is 11.3. The number of rotatable bonds is 5. The monoisotopic (exact) mass is 448 g/mol. The topological polar surface area (TPSA) is 114 Å². The molecule has 3 aromatic heterocycles. The zero-order valence-electron chi connectivity index (χ0n) is 19.1. The minimum absolute atomic E-state index is 0.0687. The summed E-state index contributed by atoms with van der Waals surface area (Å²) in [5.74, 6) is 1.19. The number of aryl methyl sites for hydroxylation is 1. The number of benzene rings is 1. The Hall–Kier alpha value is -3.69. The molecule has 33 heavy (non-hydrogen) atoms. The molecule has 0 radical (unpaired) electrons. The third kappa shape index (κ3) is 3.75. The van der Waals surface area contributed by atoms with Gasteiger partial charge in [0.05, 0.1) is 11.0 Å². The van der Waals surface area contributed by atoms with Gasteiger partial charge in [-0.1, -0.05) is 26.0 Å². The predicted molar refractivity (Wildman–Crippen MR) is 127 cm³/mol. The molecule has 0 atom stereocenters. The van der Waals surface area contributed by atoms with E-state index < -0.39 is 0 Å². The van der Waals surface area contributed by atoms with Crippen LogP contribution >= 0.6 is 0 Å². The molecule has 1 aliphatic heterocycles. The Morgan fingerprint density at radius 2 is 1.97 bits per heavy atom. The van der Waals surface area contributed by atoms with E-state index in [-0.39, 0.29) is 17.6 Å². The normalized spacial score (nSPS) is 15.1. The van der Waals surface area contributed by atoms with Crippen molar-refractivity contribution in [2.24, 2.45) is 13.0 Å². The molecule has 172 valence electrons. The first kappa shape index (κ1) is 21.2. The molecule has 1 fully saturated rings. The first-order chi connectivity index (χ1) is 15.9. The fraction of sp³-hybridized carbons (Fsp3) is 0.435. The van der Waals surface area contributed by atoms with E-state index in [1.165, 1.54) is 6.33 Å². The van der Waals surface area contributed by atoms with Gasteiger partial charge in [-0.05, 0) is 30.9 Å². The molecule has 1 aliphatic rings. The molecule has 10 nitrogen and oxygen atoms in total. The molecule has 0 spiro atoms. The van der Waals surface area contributed by atoms with Crippen molar-refractivity contribution in [3.05, 3.63) is 46.9 Å². The van der Waals surface area contributed by atoms with E-state index in [1.54, 1.807) is 11.6 Å². The molecule has 2 N–H and O–H groups in total. The molecule has 4 aromatic rings. The Labute approximate surface area is 190 Å². The molecule has 1 saturated heterocycles. The average Bonchev–Trinajstić information content (AvgIpc) is 3.34. The Morgan fingerprint density at radius 3 is 2.73 bits per heavy atom. The SMILES string of the molecule is CC(C)CNC(=O)c1nc2c(N3CCC(n4c(=O)[nH]c5ccccc54)CC3)ncnc2n1C. The van der Waals surface area contributed by atoms with Crippen molar-refractivity contribution in [2.45, 2.75) is 32.7 Å². The summed E-state index contributed by atoms with van der Waals surface area (Å²) in [7, 11) is 1.80. The van der Waals surface area contributed by atoms with Crippen molar-refractivity contribution in [1.29, 1.82) is 0 Å². The number of carbonyl (C=O) groups is 1. The summed E-state index contributed by atoms with van der Waals surface area (Å²) in [5, 5.41) is 2.92. The van der Waals surface area contributed by atoms with Crippen molar-refractivity contribution in [3.63, 3.8) is 0 Å². The third-order valence-electron chi connectivity index (χ3n) is 6.26. The minimum atomic E-state index is -0.215. The number of imidazole rings is 2. The van der Waals surface area contributed by atoms with Crippen LogP contribution in [0.4, 0.5) is 5.82 Å². The number of hydrogen-bond donors (Lipinski definition) is 2. The summed E-state index contributed by atoms with van der Waals surface area (Å²) < 4.78 is 3.59. The lowest BCUT2D eigenvalue weighted by Gasteiger charge is -2.33. The van der Waals surface area contributed by atoms with E-state index in [2.05, 4.69) is 30.2 Å². The van der Waals surface area contributed by atoms with Crippen LogP contribution in [-0.4, -0.2) is 54.6 Å². The number of nitrogens with zero attached hydrogens (tertiary/aromatic N) is 6. The number of nitrogens with one attached hydrogen (secondary N) is 2. The van der Waals surface area contributed by atoms with E-state index >= 15 is 0 Å². The second-order valence-corrected chi connectivity index (χ2v) is 9.00. The van der Waals surface area contributed by atoms with Crippen molar-refractivity contribution in [3.8, 4) is 0 Å². The Morgan fingerprint density at radius 1 is 1.21 bits per heavy atom. The fourth-order valence-corrected chi connectivity index (χ4v) is 4.57. The van der Waals surface area contributed by atoms with Crippen LogP contribution in [0.1, 0.15) is 43.3 Å². The van der Waals surface area contributed by atoms with Crippen molar-refractivity contribution < 1.29 is 4.79 Å². The highest BCUT2D eigenvalue weighted by Gasteiger charge is 2.27. The van der Waals surface area contributed by atoms with Crippen LogP contribution < -0.4 is 15.9 Å². The van der Waals surface area contributed by atoms with Crippen molar-refractivity contribution in [2.75, 3.05) is 24.5 Å². The highest BCUT2D eigenvalue weighted by atomic mass is 16.2. The summed E-state index contributed by atoms with van der Waals surface area (Å²) in [6, 6.07) is 7.90. The number of fused-ring (bicyclic) bond motifs is 2. The van der Waals surface area contributed by atoms with Gasteiger partial charge in [0.2, 0.25) is 5.82 Å². The first-order valence-electron chi connectivity index (χ1n) is 11.3. The predicted octanol–water partition coefficient (Wildman–Crippen LogP) is 2.23. The van der Waals surface area contributed by atoms with Crippen LogP contribution in [0.3, 0.4) is 0 Å². The fourth-order valence-electron chi connectivity index (χ4n) is 4.57.